The third-order valence-corrected chi connectivity index (χ3v) is 7.46. The lowest BCUT2D eigenvalue weighted by Gasteiger charge is -2.24. The monoisotopic (exact) mass is 537 g/mol. The maximum atomic E-state index is 13.0. The van der Waals surface area contributed by atoms with Crippen LogP contribution < -0.4 is 4.74 Å². The molecule has 0 amide bonds. The van der Waals surface area contributed by atoms with Gasteiger partial charge in [0.15, 0.2) is 0 Å². The van der Waals surface area contributed by atoms with Crippen molar-refractivity contribution in [3.63, 3.8) is 0 Å². The van der Waals surface area contributed by atoms with E-state index in [9.17, 15) is 9.90 Å². The molecule has 1 saturated heterocycles. The minimum Gasteiger partial charge on any atom is -0.494 e. The van der Waals surface area contributed by atoms with Crippen molar-refractivity contribution in [3.8, 4) is 5.75 Å². The van der Waals surface area contributed by atoms with E-state index in [-0.39, 0.29) is 22.9 Å². The fraction of sp³-hybridized carbons (Fsp3) is 0.375. The van der Waals surface area contributed by atoms with Crippen molar-refractivity contribution in [3.05, 3.63) is 75.1 Å². The zero-order valence-electron chi connectivity index (χ0n) is 17.7. The highest BCUT2D eigenvalue weighted by Gasteiger charge is 2.44. The summed E-state index contributed by atoms with van der Waals surface area (Å²) in [6.07, 6.45) is 1.95. The number of carbonyl (C=O) groups is 1. The van der Waals surface area contributed by atoms with Gasteiger partial charge in [-0.15, -0.1) is 39.7 Å². The molecule has 2 aromatic heterocycles. The molecule has 4 rings (SSSR count). The number of hydrogen-bond donors (Lipinski definition) is 1. The van der Waals surface area contributed by atoms with Crippen LogP contribution in [0.3, 0.4) is 0 Å². The van der Waals surface area contributed by atoms with E-state index in [1.165, 1.54) is 22.7 Å². The first-order chi connectivity index (χ1) is 15.2. The zero-order valence-corrected chi connectivity index (χ0v) is 21.1. The first-order valence-corrected chi connectivity index (χ1v) is 12.3. The van der Waals surface area contributed by atoms with Crippen molar-refractivity contribution in [2.75, 3.05) is 32.8 Å². The fourth-order valence-electron chi connectivity index (χ4n) is 3.84. The van der Waals surface area contributed by atoms with Crippen LogP contribution in [0, 0.1) is 5.92 Å². The van der Waals surface area contributed by atoms with Gasteiger partial charge in [0.05, 0.1) is 23.0 Å². The Balaban J connectivity index is 0.00000289. The molecule has 0 saturated carbocycles. The first-order valence-electron chi connectivity index (χ1n) is 10.5. The third kappa shape index (κ3) is 5.99. The number of rotatable bonds is 10. The van der Waals surface area contributed by atoms with E-state index < -0.39 is 11.6 Å². The molecule has 1 N–H and O–H groups in total. The van der Waals surface area contributed by atoms with Gasteiger partial charge in [-0.1, -0.05) is 30.3 Å². The van der Waals surface area contributed by atoms with E-state index in [2.05, 4.69) is 4.90 Å². The molecule has 0 radical (unpaired) electrons. The van der Waals surface area contributed by atoms with Crippen molar-refractivity contribution < 1.29 is 19.4 Å². The second-order valence-corrected chi connectivity index (χ2v) is 9.63. The number of esters is 1. The van der Waals surface area contributed by atoms with Crippen molar-refractivity contribution in [2.45, 2.75) is 18.4 Å². The first kappa shape index (κ1) is 24.9. The molecule has 1 atom stereocenters. The second kappa shape index (κ2) is 12.0. The SMILES string of the molecule is Br.O=C(OC[C@@H]1CCN(CCCOc2ccccc2)C1)C(O)(c1cccs1)c1cccs1. The molecule has 8 heteroatoms. The van der Waals surface area contributed by atoms with Crippen molar-refractivity contribution in [2.24, 2.45) is 5.92 Å². The van der Waals surface area contributed by atoms with E-state index in [0.29, 0.717) is 23.0 Å². The Morgan fingerprint density at radius 1 is 1.06 bits per heavy atom. The van der Waals surface area contributed by atoms with Gasteiger partial charge in [0.25, 0.3) is 0 Å². The minimum atomic E-state index is -1.73. The molecular weight excluding hydrogens is 510 g/mol. The predicted molar refractivity (Wildman–Crippen MR) is 134 cm³/mol. The Kier molecular flexibility index (Phi) is 9.31. The summed E-state index contributed by atoms with van der Waals surface area (Å²) < 4.78 is 11.4. The van der Waals surface area contributed by atoms with Crippen LogP contribution in [0.25, 0.3) is 0 Å². The van der Waals surface area contributed by atoms with E-state index in [1.54, 1.807) is 12.1 Å². The molecule has 3 heterocycles. The molecule has 172 valence electrons. The summed E-state index contributed by atoms with van der Waals surface area (Å²) in [6.45, 7) is 3.87. The summed E-state index contributed by atoms with van der Waals surface area (Å²) in [6, 6.07) is 17.1. The van der Waals surface area contributed by atoms with Gasteiger partial charge in [0, 0.05) is 19.0 Å². The molecule has 0 aliphatic carbocycles. The predicted octanol–water partition coefficient (Wildman–Crippen LogP) is 4.96. The molecule has 32 heavy (non-hydrogen) atoms. The maximum absolute atomic E-state index is 13.0. The Labute approximate surface area is 207 Å². The van der Waals surface area contributed by atoms with Crippen molar-refractivity contribution >= 4 is 45.6 Å². The summed E-state index contributed by atoms with van der Waals surface area (Å²) in [7, 11) is 0. The quantitative estimate of drug-likeness (QED) is 0.292. The molecule has 0 spiro atoms. The van der Waals surface area contributed by atoms with Gasteiger partial charge in [-0.25, -0.2) is 4.79 Å². The van der Waals surface area contributed by atoms with Gasteiger partial charge in [-0.05, 0) is 54.4 Å². The molecule has 3 aromatic rings. The standard InChI is InChI=1S/C24H27NO4S2.BrH/c26-23(24(27,21-9-4-15-30-21)22-10-5-16-31-22)29-18-19-11-13-25(17-19)12-6-14-28-20-7-2-1-3-8-20;/h1-5,7-10,15-16,19,27H,6,11-14,17-18H2;1H/t19-;/m1./s1. The van der Waals surface area contributed by atoms with Crippen LogP contribution in [0.2, 0.25) is 0 Å². The number of benzene rings is 1. The summed E-state index contributed by atoms with van der Waals surface area (Å²) in [5.41, 5.74) is -1.73. The van der Waals surface area contributed by atoms with E-state index >= 15 is 0 Å². The Bertz CT molecular complexity index is 900. The summed E-state index contributed by atoms with van der Waals surface area (Å²) in [5, 5.41) is 15.0. The van der Waals surface area contributed by atoms with Crippen LogP contribution >= 0.6 is 39.7 Å². The van der Waals surface area contributed by atoms with Gasteiger partial charge < -0.3 is 19.5 Å². The van der Waals surface area contributed by atoms with Crippen LogP contribution in [0.1, 0.15) is 22.6 Å². The number of para-hydroxylation sites is 1. The van der Waals surface area contributed by atoms with Crippen LogP contribution in [0.15, 0.2) is 65.4 Å². The van der Waals surface area contributed by atoms with Crippen molar-refractivity contribution in [1.29, 1.82) is 0 Å². The van der Waals surface area contributed by atoms with Gasteiger partial charge in [-0.2, -0.15) is 0 Å². The average molecular weight is 539 g/mol. The summed E-state index contributed by atoms with van der Waals surface area (Å²) >= 11 is 2.72. The smallest absolute Gasteiger partial charge is 0.349 e. The molecule has 0 bridgehead atoms. The average Bonchev–Trinajstić information content (AvgIpc) is 3.58. The molecule has 1 aliphatic rings. The second-order valence-electron chi connectivity index (χ2n) is 7.73. The normalized spacial score (nSPS) is 16.5. The largest absolute Gasteiger partial charge is 0.494 e. The lowest BCUT2D eigenvalue weighted by Crippen LogP contribution is -2.38. The van der Waals surface area contributed by atoms with E-state index in [4.69, 9.17) is 9.47 Å². The number of ether oxygens (including phenoxy) is 2. The molecule has 1 aromatic carbocycles. The number of hydrogen-bond acceptors (Lipinski definition) is 7. The van der Waals surface area contributed by atoms with E-state index in [0.717, 1.165) is 38.2 Å². The highest BCUT2D eigenvalue weighted by atomic mass is 79.9. The lowest BCUT2D eigenvalue weighted by atomic mass is 10.00. The Hall–Kier alpha value is -1.71. The van der Waals surface area contributed by atoms with Gasteiger partial charge in [0.1, 0.15) is 5.75 Å². The number of carbonyl (C=O) groups excluding carboxylic acids is 1. The van der Waals surface area contributed by atoms with Gasteiger partial charge >= 0.3 is 5.97 Å². The number of halogens is 1. The highest BCUT2D eigenvalue weighted by Crippen LogP contribution is 2.37. The molecule has 0 unspecified atom stereocenters. The van der Waals surface area contributed by atoms with E-state index in [1.807, 2.05) is 53.2 Å². The van der Waals surface area contributed by atoms with Crippen LogP contribution in [0.4, 0.5) is 0 Å². The zero-order chi connectivity index (χ0) is 21.5. The number of thiophene rings is 2. The van der Waals surface area contributed by atoms with Crippen LogP contribution in [-0.2, 0) is 15.1 Å². The Morgan fingerprint density at radius 2 is 1.75 bits per heavy atom. The molecule has 1 aliphatic heterocycles. The van der Waals surface area contributed by atoms with Crippen LogP contribution in [-0.4, -0.2) is 48.8 Å². The van der Waals surface area contributed by atoms with Crippen LogP contribution in [0.5, 0.6) is 5.75 Å². The molecule has 1 fully saturated rings. The minimum absolute atomic E-state index is 0. The lowest BCUT2D eigenvalue weighted by molar-refractivity contribution is -0.162. The van der Waals surface area contributed by atoms with Gasteiger partial charge in [0.2, 0.25) is 5.60 Å². The number of nitrogens with zero attached hydrogens (tertiary/aromatic N) is 1. The summed E-state index contributed by atoms with van der Waals surface area (Å²) in [5.74, 6) is 0.597. The molecule has 5 nitrogen and oxygen atoms in total. The van der Waals surface area contributed by atoms with Crippen molar-refractivity contribution in [1.82, 2.24) is 4.90 Å². The topological polar surface area (TPSA) is 59.0 Å². The van der Waals surface area contributed by atoms with Gasteiger partial charge in [-0.3, -0.25) is 0 Å². The summed E-state index contributed by atoms with van der Waals surface area (Å²) in [4.78, 5) is 16.5. The third-order valence-electron chi connectivity index (χ3n) is 5.50. The Morgan fingerprint density at radius 3 is 2.38 bits per heavy atom. The maximum Gasteiger partial charge on any atom is 0.349 e. The molecular formula is C24H28BrNO4S2. The number of aliphatic hydroxyl groups is 1. The fourth-order valence-corrected chi connectivity index (χ4v) is 5.55. The highest BCUT2D eigenvalue weighted by molar-refractivity contribution is 8.93. The number of likely N-dealkylation sites (tertiary alicyclic amines) is 1.